The topological polar surface area (TPSA) is 26.3 Å². The third kappa shape index (κ3) is 4.00. The molecule has 0 fully saturated rings. The number of hydrogen-bond donors (Lipinski definition) is 0. The van der Waals surface area contributed by atoms with Crippen LogP contribution in [0.3, 0.4) is 0 Å². The fraction of sp³-hybridized carbons (Fsp3) is 0.357. The molecule has 0 bridgehead atoms. The lowest BCUT2D eigenvalue weighted by molar-refractivity contribution is -0.135. The molecular weight excluding hydrogens is 280 g/mol. The number of carbonyl (C=O) groups is 1. The van der Waals surface area contributed by atoms with Crippen molar-refractivity contribution in [3.05, 3.63) is 41.0 Å². The van der Waals surface area contributed by atoms with Gasteiger partial charge in [-0.3, -0.25) is 0 Å². The summed E-state index contributed by atoms with van der Waals surface area (Å²) in [6, 6.07) is 8.20. The predicted molar refractivity (Wildman–Crippen MR) is 74.3 cm³/mol. The van der Waals surface area contributed by atoms with Crippen LogP contribution in [0.25, 0.3) is 6.08 Å². The van der Waals surface area contributed by atoms with Gasteiger partial charge in [0.25, 0.3) is 0 Å². The van der Waals surface area contributed by atoms with Gasteiger partial charge in [-0.05, 0) is 23.1 Å². The molecule has 0 aliphatic rings. The lowest BCUT2D eigenvalue weighted by atomic mass is 10.0. The maximum absolute atomic E-state index is 11.4. The normalized spacial score (nSPS) is 11.7. The van der Waals surface area contributed by atoms with E-state index in [1.807, 2.05) is 18.2 Å². The van der Waals surface area contributed by atoms with E-state index in [2.05, 4.69) is 41.9 Å². The number of rotatable bonds is 4. The van der Waals surface area contributed by atoms with Crippen molar-refractivity contribution in [1.82, 2.24) is 0 Å². The number of ether oxygens (including phenoxy) is 1. The monoisotopic (exact) mass is 296 g/mol. The Morgan fingerprint density at radius 1 is 1.35 bits per heavy atom. The molecule has 1 rings (SSSR count). The Bertz CT molecular complexity index is 405. The zero-order valence-electron chi connectivity index (χ0n) is 10.4. The number of esters is 1. The van der Waals surface area contributed by atoms with Crippen LogP contribution < -0.4 is 0 Å². The molecule has 1 aromatic rings. The van der Waals surface area contributed by atoms with Gasteiger partial charge >= 0.3 is 5.97 Å². The average Bonchev–Trinajstić information content (AvgIpc) is 2.35. The largest absolute Gasteiger partial charge is 0.466 e. The molecule has 0 N–H and O–H groups in total. The van der Waals surface area contributed by atoms with Gasteiger partial charge < -0.3 is 4.74 Å². The van der Waals surface area contributed by atoms with Gasteiger partial charge in [0, 0.05) is 10.9 Å². The molecule has 92 valence electrons. The van der Waals surface area contributed by atoms with Gasteiger partial charge in [0.1, 0.15) is 0 Å². The van der Waals surface area contributed by atoms with Crippen LogP contribution in [0.5, 0.6) is 0 Å². The Morgan fingerprint density at radius 2 is 1.94 bits per heavy atom. The molecule has 0 amide bonds. The molecule has 1 aromatic carbocycles. The summed E-state index contributed by atoms with van der Waals surface area (Å²) in [5.74, 6) is 0.221. The molecule has 3 heteroatoms. The Kier molecular flexibility index (Phi) is 5.42. The van der Waals surface area contributed by atoms with Gasteiger partial charge in [-0.1, -0.05) is 54.0 Å². The van der Waals surface area contributed by atoms with Crippen molar-refractivity contribution in [2.75, 3.05) is 12.4 Å². The minimum absolute atomic E-state index is 0.296. The Hall–Kier alpha value is -1.09. The molecule has 0 atom stereocenters. The van der Waals surface area contributed by atoms with E-state index < -0.39 is 0 Å². The second-order valence-electron chi connectivity index (χ2n) is 4.12. The van der Waals surface area contributed by atoms with E-state index in [9.17, 15) is 4.79 Å². The van der Waals surface area contributed by atoms with Crippen LogP contribution in [0.1, 0.15) is 30.9 Å². The molecule has 0 spiro atoms. The third-order valence-corrected chi connectivity index (χ3v) is 3.14. The fourth-order valence-corrected chi connectivity index (χ4v) is 1.85. The molecule has 0 aromatic heterocycles. The Morgan fingerprint density at radius 3 is 2.35 bits per heavy atom. The van der Waals surface area contributed by atoms with Crippen LogP contribution in [0.2, 0.25) is 0 Å². The number of carbonyl (C=O) groups excluding carboxylic acids is 1. The highest BCUT2D eigenvalue weighted by molar-refractivity contribution is 9.09. The number of halogens is 1. The smallest absolute Gasteiger partial charge is 0.334 e. The van der Waals surface area contributed by atoms with Crippen molar-refractivity contribution < 1.29 is 9.53 Å². The summed E-state index contributed by atoms with van der Waals surface area (Å²) in [5.41, 5.74) is 2.92. The van der Waals surface area contributed by atoms with E-state index in [1.54, 1.807) is 0 Å². The van der Waals surface area contributed by atoms with Crippen LogP contribution in [-0.2, 0) is 9.53 Å². The third-order valence-electron chi connectivity index (χ3n) is 2.54. The van der Waals surface area contributed by atoms with Gasteiger partial charge in [-0.25, -0.2) is 4.79 Å². The van der Waals surface area contributed by atoms with Crippen molar-refractivity contribution in [2.45, 2.75) is 19.8 Å². The Balaban J connectivity index is 2.93. The van der Waals surface area contributed by atoms with E-state index in [0.29, 0.717) is 16.8 Å². The van der Waals surface area contributed by atoms with Gasteiger partial charge in [-0.15, -0.1) is 0 Å². The SMILES string of the molecule is COC(=O)/C(=C/c1ccc(C(C)C)cc1)CBr. The zero-order chi connectivity index (χ0) is 12.8. The number of alkyl halides is 1. The first-order valence-corrected chi connectivity index (χ1v) is 6.65. The molecule has 0 saturated carbocycles. The van der Waals surface area contributed by atoms with Crippen LogP contribution in [-0.4, -0.2) is 18.4 Å². The van der Waals surface area contributed by atoms with Crippen LogP contribution in [0.4, 0.5) is 0 Å². The predicted octanol–water partition coefficient (Wildman–Crippen LogP) is 3.76. The molecule has 0 heterocycles. The first-order valence-electron chi connectivity index (χ1n) is 5.53. The minimum Gasteiger partial charge on any atom is -0.466 e. The van der Waals surface area contributed by atoms with Gasteiger partial charge in [-0.2, -0.15) is 0 Å². The molecular formula is C14H17BrO2. The Labute approximate surface area is 111 Å². The molecule has 17 heavy (non-hydrogen) atoms. The van der Waals surface area contributed by atoms with E-state index in [0.717, 1.165) is 5.56 Å². The second-order valence-corrected chi connectivity index (χ2v) is 4.68. The van der Waals surface area contributed by atoms with E-state index in [1.165, 1.54) is 12.7 Å². The number of hydrogen-bond acceptors (Lipinski definition) is 2. The summed E-state index contributed by atoms with van der Waals surface area (Å²) < 4.78 is 4.70. The maximum Gasteiger partial charge on any atom is 0.334 e. The fourth-order valence-electron chi connectivity index (χ4n) is 1.46. The average molecular weight is 297 g/mol. The second kappa shape index (κ2) is 6.60. The first kappa shape index (κ1) is 14.0. The first-order chi connectivity index (χ1) is 8.08. The molecule has 0 aliphatic heterocycles. The number of methoxy groups -OCH3 is 1. The molecule has 0 aliphatic carbocycles. The summed E-state index contributed by atoms with van der Waals surface area (Å²) in [6.07, 6.45) is 1.84. The summed E-state index contributed by atoms with van der Waals surface area (Å²) in [4.78, 5) is 11.4. The summed E-state index contributed by atoms with van der Waals surface area (Å²) in [7, 11) is 1.39. The maximum atomic E-state index is 11.4. The summed E-state index contributed by atoms with van der Waals surface area (Å²) in [6.45, 7) is 4.31. The lowest BCUT2D eigenvalue weighted by Gasteiger charge is -2.06. The van der Waals surface area contributed by atoms with E-state index in [-0.39, 0.29) is 5.97 Å². The van der Waals surface area contributed by atoms with Crippen LogP contribution >= 0.6 is 15.9 Å². The molecule has 0 radical (unpaired) electrons. The van der Waals surface area contributed by atoms with Gasteiger partial charge in [0.05, 0.1) is 7.11 Å². The highest BCUT2D eigenvalue weighted by atomic mass is 79.9. The standard InChI is InChI=1S/C14H17BrO2/c1-10(2)12-6-4-11(5-7-12)8-13(9-15)14(16)17-3/h4-8,10H,9H2,1-3H3/b13-8+. The summed E-state index contributed by atoms with van der Waals surface area (Å²) in [5, 5.41) is 0.492. The van der Waals surface area contributed by atoms with Crippen molar-refractivity contribution >= 4 is 28.0 Å². The summed E-state index contributed by atoms with van der Waals surface area (Å²) >= 11 is 3.28. The van der Waals surface area contributed by atoms with Crippen molar-refractivity contribution in [3.8, 4) is 0 Å². The van der Waals surface area contributed by atoms with E-state index in [4.69, 9.17) is 4.74 Å². The lowest BCUT2D eigenvalue weighted by Crippen LogP contribution is -2.05. The van der Waals surface area contributed by atoms with Crippen molar-refractivity contribution in [2.24, 2.45) is 0 Å². The van der Waals surface area contributed by atoms with Gasteiger partial charge in [0.15, 0.2) is 0 Å². The van der Waals surface area contributed by atoms with Crippen LogP contribution in [0, 0.1) is 0 Å². The number of benzene rings is 1. The minimum atomic E-state index is -0.296. The van der Waals surface area contributed by atoms with E-state index >= 15 is 0 Å². The van der Waals surface area contributed by atoms with Crippen molar-refractivity contribution in [3.63, 3.8) is 0 Å². The van der Waals surface area contributed by atoms with Crippen LogP contribution in [0.15, 0.2) is 29.8 Å². The zero-order valence-corrected chi connectivity index (χ0v) is 12.0. The molecule has 0 unspecified atom stereocenters. The molecule has 0 saturated heterocycles. The quantitative estimate of drug-likeness (QED) is 0.480. The highest BCUT2D eigenvalue weighted by Gasteiger charge is 2.07. The van der Waals surface area contributed by atoms with Crippen molar-refractivity contribution in [1.29, 1.82) is 0 Å². The highest BCUT2D eigenvalue weighted by Crippen LogP contribution is 2.17. The van der Waals surface area contributed by atoms with Gasteiger partial charge in [0.2, 0.25) is 0 Å². The molecule has 2 nitrogen and oxygen atoms in total.